The molecule has 0 aliphatic rings. The Labute approximate surface area is 99.6 Å². The van der Waals surface area contributed by atoms with Gasteiger partial charge in [0, 0.05) is 10.0 Å². The summed E-state index contributed by atoms with van der Waals surface area (Å²) in [6.45, 7) is 0. The molecule has 0 bridgehead atoms. The number of hydrogen-bond donors (Lipinski definition) is 3. The SMILES string of the molecule is NC(N)=NN=Cc1cc(Cl)c(Br)cc1O. The van der Waals surface area contributed by atoms with Gasteiger partial charge in [-0.15, -0.1) is 5.10 Å². The van der Waals surface area contributed by atoms with Gasteiger partial charge in [0.2, 0.25) is 5.96 Å². The van der Waals surface area contributed by atoms with Crippen molar-refractivity contribution in [2.24, 2.45) is 21.7 Å². The minimum absolute atomic E-state index is 0.0285. The van der Waals surface area contributed by atoms with E-state index in [9.17, 15) is 5.11 Å². The Morgan fingerprint density at radius 1 is 1.47 bits per heavy atom. The van der Waals surface area contributed by atoms with Gasteiger partial charge < -0.3 is 16.6 Å². The Bertz CT molecular complexity index is 429. The summed E-state index contributed by atoms with van der Waals surface area (Å²) in [5, 5.41) is 16.9. The zero-order chi connectivity index (χ0) is 11.4. The molecule has 0 unspecified atom stereocenters. The molecule has 1 aromatic rings. The van der Waals surface area contributed by atoms with E-state index >= 15 is 0 Å². The molecule has 0 radical (unpaired) electrons. The minimum atomic E-state index is -0.158. The molecule has 80 valence electrons. The van der Waals surface area contributed by atoms with E-state index in [1.807, 2.05) is 0 Å². The number of halogens is 2. The van der Waals surface area contributed by atoms with Gasteiger partial charge in [0.25, 0.3) is 0 Å². The normalized spacial score (nSPS) is 10.5. The van der Waals surface area contributed by atoms with Crippen LogP contribution in [0.15, 0.2) is 26.8 Å². The Balaban J connectivity index is 3.01. The Hall–Kier alpha value is -1.27. The van der Waals surface area contributed by atoms with Crippen molar-refractivity contribution < 1.29 is 5.11 Å². The van der Waals surface area contributed by atoms with Crippen molar-refractivity contribution in [1.82, 2.24) is 0 Å². The van der Waals surface area contributed by atoms with Crippen molar-refractivity contribution in [3.05, 3.63) is 27.2 Å². The molecule has 1 aromatic carbocycles. The fraction of sp³-hybridized carbons (Fsp3) is 0. The summed E-state index contributed by atoms with van der Waals surface area (Å²) in [4.78, 5) is 0. The lowest BCUT2D eigenvalue weighted by Gasteiger charge is -2.00. The minimum Gasteiger partial charge on any atom is -0.507 e. The number of phenolic OH excluding ortho intramolecular Hbond substituents is 1. The first-order valence-corrected chi connectivity index (χ1v) is 4.98. The summed E-state index contributed by atoms with van der Waals surface area (Å²) in [6.07, 6.45) is 1.30. The predicted octanol–water partition coefficient (Wildman–Crippen LogP) is 1.42. The first-order valence-electron chi connectivity index (χ1n) is 3.80. The zero-order valence-electron chi connectivity index (χ0n) is 7.48. The number of phenols is 1. The maximum absolute atomic E-state index is 9.49. The molecule has 0 aromatic heterocycles. The van der Waals surface area contributed by atoms with Crippen LogP contribution in [0.4, 0.5) is 0 Å². The maximum Gasteiger partial charge on any atom is 0.211 e. The molecule has 0 saturated carbocycles. The highest BCUT2D eigenvalue weighted by Gasteiger charge is 2.03. The molecular weight excluding hydrogens is 283 g/mol. The lowest BCUT2D eigenvalue weighted by molar-refractivity contribution is 0.474. The van der Waals surface area contributed by atoms with Gasteiger partial charge in [-0.25, -0.2) is 0 Å². The zero-order valence-corrected chi connectivity index (χ0v) is 9.83. The monoisotopic (exact) mass is 290 g/mol. The second-order valence-corrected chi connectivity index (χ2v) is 3.86. The van der Waals surface area contributed by atoms with Gasteiger partial charge in [0.15, 0.2) is 0 Å². The fourth-order valence-corrected chi connectivity index (χ4v) is 1.32. The highest BCUT2D eigenvalue weighted by atomic mass is 79.9. The van der Waals surface area contributed by atoms with Crippen LogP contribution < -0.4 is 11.5 Å². The molecular formula is C8H8BrClN4O. The average molecular weight is 292 g/mol. The van der Waals surface area contributed by atoms with Crippen LogP contribution in [0.5, 0.6) is 5.75 Å². The van der Waals surface area contributed by atoms with E-state index in [1.165, 1.54) is 18.3 Å². The van der Waals surface area contributed by atoms with Crippen molar-refractivity contribution in [2.75, 3.05) is 0 Å². The summed E-state index contributed by atoms with van der Waals surface area (Å²) >= 11 is 8.99. The van der Waals surface area contributed by atoms with E-state index in [2.05, 4.69) is 26.1 Å². The number of nitrogens with zero attached hydrogens (tertiary/aromatic N) is 2. The van der Waals surface area contributed by atoms with E-state index in [4.69, 9.17) is 23.1 Å². The van der Waals surface area contributed by atoms with Crippen molar-refractivity contribution in [3.63, 3.8) is 0 Å². The molecule has 5 N–H and O–H groups in total. The Morgan fingerprint density at radius 3 is 2.73 bits per heavy atom. The van der Waals surface area contributed by atoms with E-state index in [0.29, 0.717) is 15.1 Å². The molecule has 1 rings (SSSR count). The van der Waals surface area contributed by atoms with Gasteiger partial charge in [-0.2, -0.15) is 5.10 Å². The van der Waals surface area contributed by atoms with Crippen LogP contribution in [0.25, 0.3) is 0 Å². The second-order valence-electron chi connectivity index (χ2n) is 2.59. The fourth-order valence-electron chi connectivity index (χ4n) is 0.813. The van der Waals surface area contributed by atoms with Gasteiger partial charge in [0.05, 0.1) is 11.2 Å². The van der Waals surface area contributed by atoms with Gasteiger partial charge in [-0.3, -0.25) is 0 Å². The van der Waals surface area contributed by atoms with Crippen LogP contribution in [0.1, 0.15) is 5.56 Å². The number of benzene rings is 1. The summed E-state index contributed by atoms with van der Waals surface area (Å²) in [5.74, 6) is -0.130. The first-order chi connectivity index (χ1) is 7.00. The van der Waals surface area contributed by atoms with Crippen LogP contribution in [0.2, 0.25) is 5.02 Å². The highest BCUT2D eigenvalue weighted by Crippen LogP contribution is 2.29. The standard InChI is InChI=1S/C8H8BrClN4O/c9-5-2-7(15)4(1-6(5)10)3-13-14-8(11)12/h1-3,15H,(H4,11,12,14). The number of nitrogens with two attached hydrogens (primary N) is 2. The van der Waals surface area contributed by atoms with Crippen LogP contribution >= 0.6 is 27.5 Å². The molecule has 0 atom stereocenters. The lowest BCUT2D eigenvalue weighted by atomic mass is 10.2. The van der Waals surface area contributed by atoms with Crippen molar-refractivity contribution in [1.29, 1.82) is 0 Å². The number of aromatic hydroxyl groups is 1. The molecule has 7 heteroatoms. The van der Waals surface area contributed by atoms with Gasteiger partial charge in [-0.05, 0) is 28.1 Å². The van der Waals surface area contributed by atoms with Crippen molar-refractivity contribution >= 4 is 39.7 Å². The third kappa shape index (κ3) is 3.41. The summed E-state index contributed by atoms with van der Waals surface area (Å²) in [6, 6.07) is 2.99. The van der Waals surface area contributed by atoms with Crippen LogP contribution in [-0.4, -0.2) is 17.3 Å². The molecule has 0 spiro atoms. The van der Waals surface area contributed by atoms with Gasteiger partial charge in [-0.1, -0.05) is 11.6 Å². The molecule has 5 nitrogen and oxygen atoms in total. The Morgan fingerprint density at radius 2 is 2.13 bits per heavy atom. The van der Waals surface area contributed by atoms with E-state index in [1.54, 1.807) is 0 Å². The largest absolute Gasteiger partial charge is 0.507 e. The van der Waals surface area contributed by atoms with Crippen LogP contribution in [0, 0.1) is 0 Å². The third-order valence-corrected chi connectivity index (χ3v) is 2.64. The van der Waals surface area contributed by atoms with Crippen LogP contribution in [-0.2, 0) is 0 Å². The third-order valence-electron chi connectivity index (χ3n) is 1.44. The van der Waals surface area contributed by atoms with Crippen molar-refractivity contribution in [3.8, 4) is 5.75 Å². The molecule has 0 fully saturated rings. The second kappa shape index (κ2) is 4.99. The number of hydrogen-bond acceptors (Lipinski definition) is 3. The van der Waals surface area contributed by atoms with E-state index < -0.39 is 0 Å². The predicted molar refractivity (Wildman–Crippen MR) is 64.2 cm³/mol. The van der Waals surface area contributed by atoms with Gasteiger partial charge in [0.1, 0.15) is 5.75 Å². The summed E-state index contributed by atoms with van der Waals surface area (Å²) in [5.41, 5.74) is 10.6. The summed E-state index contributed by atoms with van der Waals surface area (Å²) in [7, 11) is 0. The molecule has 0 aliphatic heterocycles. The Kier molecular flexibility index (Phi) is 3.93. The van der Waals surface area contributed by atoms with E-state index in [0.717, 1.165) is 0 Å². The van der Waals surface area contributed by atoms with Gasteiger partial charge >= 0.3 is 0 Å². The molecule has 0 heterocycles. The lowest BCUT2D eigenvalue weighted by Crippen LogP contribution is -2.21. The number of rotatable bonds is 2. The highest BCUT2D eigenvalue weighted by molar-refractivity contribution is 9.10. The van der Waals surface area contributed by atoms with Crippen molar-refractivity contribution in [2.45, 2.75) is 0 Å². The molecule has 15 heavy (non-hydrogen) atoms. The summed E-state index contributed by atoms with van der Waals surface area (Å²) < 4.78 is 0.598. The molecule has 0 saturated heterocycles. The first kappa shape index (κ1) is 11.8. The molecule has 0 amide bonds. The topological polar surface area (TPSA) is 97.0 Å². The van der Waals surface area contributed by atoms with Crippen LogP contribution in [0.3, 0.4) is 0 Å². The smallest absolute Gasteiger partial charge is 0.211 e. The number of guanidine groups is 1. The maximum atomic E-state index is 9.49. The quantitative estimate of drug-likeness (QED) is 0.436. The average Bonchev–Trinajstić information content (AvgIpc) is 2.13. The van der Waals surface area contributed by atoms with E-state index in [-0.39, 0.29) is 11.7 Å². The molecule has 0 aliphatic carbocycles.